The van der Waals surface area contributed by atoms with Crippen molar-refractivity contribution >= 4 is 35.0 Å². The standard InChI is InChI=1S/C32H42ClN3O4/c1-17-7-5-9-23(19(17)3)35-30(38)28-32-16-15-25(40-32)26(29(37)34-22-13-11-21(33)12-14-22)27(32)31(39)36(28)24-10-6-8-18(2)20(24)4/h11-20,23-28H,5-10H2,1-4H3,(H,34,37)(H,35,38)/t17-,18+,19+,20+,23+,24-,25+,26-,27+,28+,32+/m1/s1. The molecule has 4 fully saturated rings. The molecule has 2 aliphatic carbocycles. The van der Waals surface area contributed by atoms with Crippen molar-refractivity contribution in [3.63, 3.8) is 0 Å². The number of hydrogen-bond donors (Lipinski definition) is 2. The number of hydrogen-bond acceptors (Lipinski definition) is 4. The Morgan fingerprint density at radius 3 is 2.35 bits per heavy atom. The topological polar surface area (TPSA) is 87.7 Å². The molecule has 7 nitrogen and oxygen atoms in total. The minimum absolute atomic E-state index is 0.0642. The Morgan fingerprint density at radius 2 is 1.62 bits per heavy atom. The first-order valence-electron chi connectivity index (χ1n) is 15.2. The number of benzene rings is 1. The number of nitrogens with one attached hydrogen (secondary N) is 2. The molecule has 216 valence electrons. The van der Waals surface area contributed by atoms with Gasteiger partial charge in [0.1, 0.15) is 11.6 Å². The van der Waals surface area contributed by atoms with Crippen LogP contribution in [0.3, 0.4) is 0 Å². The van der Waals surface area contributed by atoms with E-state index in [0.717, 1.165) is 32.1 Å². The normalized spacial score (nSPS) is 42.1. The molecule has 0 radical (unpaired) electrons. The molecular formula is C32H42ClN3O4. The summed E-state index contributed by atoms with van der Waals surface area (Å²) in [6.45, 7) is 8.91. The summed E-state index contributed by atoms with van der Waals surface area (Å²) in [7, 11) is 0. The van der Waals surface area contributed by atoms with Crippen LogP contribution in [0.15, 0.2) is 36.4 Å². The van der Waals surface area contributed by atoms with Gasteiger partial charge < -0.3 is 20.3 Å². The van der Waals surface area contributed by atoms with Crippen molar-refractivity contribution in [2.24, 2.45) is 35.5 Å². The maximum absolute atomic E-state index is 14.5. The van der Waals surface area contributed by atoms with Crippen LogP contribution < -0.4 is 10.6 Å². The number of carbonyl (C=O) groups excluding carboxylic acids is 3. The molecule has 3 aliphatic heterocycles. The van der Waals surface area contributed by atoms with Gasteiger partial charge in [0.25, 0.3) is 0 Å². The molecule has 2 saturated carbocycles. The van der Waals surface area contributed by atoms with E-state index in [1.54, 1.807) is 24.3 Å². The molecule has 1 aromatic rings. The smallest absolute Gasteiger partial charge is 0.246 e. The van der Waals surface area contributed by atoms with E-state index < -0.39 is 29.6 Å². The van der Waals surface area contributed by atoms with E-state index in [9.17, 15) is 14.4 Å². The van der Waals surface area contributed by atoms with Gasteiger partial charge in [0, 0.05) is 22.8 Å². The van der Waals surface area contributed by atoms with E-state index in [1.165, 1.54) is 6.42 Å². The Bertz CT molecular complexity index is 1200. The van der Waals surface area contributed by atoms with Crippen LogP contribution in [-0.4, -0.2) is 52.5 Å². The lowest BCUT2D eigenvalue weighted by atomic mass is 9.73. The van der Waals surface area contributed by atoms with Gasteiger partial charge in [0.05, 0.1) is 17.9 Å². The highest BCUT2D eigenvalue weighted by atomic mass is 35.5. The fourth-order valence-electron chi connectivity index (χ4n) is 8.32. The maximum Gasteiger partial charge on any atom is 0.246 e. The van der Waals surface area contributed by atoms with Crippen molar-refractivity contribution in [1.29, 1.82) is 0 Å². The Labute approximate surface area is 242 Å². The van der Waals surface area contributed by atoms with Crippen LogP contribution in [0, 0.1) is 35.5 Å². The molecule has 40 heavy (non-hydrogen) atoms. The molecule has 0 unspecified atom stereocenters. The number of ether oxygens (including phenoxy) is 1. The van der Waals surface area contributed by atoms with Crippen molar-refractivity contribution in [2.45, 2.75) is 96.1 Å². The highest BCUT2D eigenvalue weighted by molar-refractivity contribution is 6.30. The first kappa shape index (κ1) is 27.8. The average Bonchev–Trinajstić information content (AvgIpc) is 3.57. The fraction of sp³-hybridized carbons (Fsp3) is 0.656. The summed E-state index contributed by atoms with van der Waals surface area (Å²) in [6.07, 6.45) is 9.44. The quantitative estimate of drug-likeness (QED) is 0.479. The van der Waals surface area contributed by atoms with Gasteiger partial charge in [-0.1, -0.05) is 77.1 Å². The second-order valence-corrected chi connectivity index (χ2v) is 13.6. The second-order valence-electron chi connectivity index (χ2n) is 13.2. The number of fused-ring (bicyclic) bond motifs is 1. The summed E-state index contributed by atoms with van der Waals surface area (Å²) in [4.78, 5) is 44.4. The van der Waals surface area contributed by atoms with Crippen molar-refractivity contribution < 1.29 is 19.1 Å². The Morgan fingerprint density at radius 1 is 0.950 bits per heavy atom. The molecule has 6 rings (SSSR count). The number of anilines is 1. The number of nitrogens with zero attached hydrogens (tertiary/aromatic N) is 1. The first-order chi connectivity index (χ1) is 19.1. The van der Waals surface area contributed by atoms with Crippen LogP contribution in [-0.2, 0) is 19.1 Å². The SMILES string of the molecule is C[C@@H]1[C@H](N2C(=O)[C@@H]3[C@H](C(=O)Nc4ccc(Cl)cc4)[C@@H]4C=C[C@@]3(O4)[C@@H]2C(=O)N[C@H]2CCC[C@@H](C)[C@@H]2C)CCC[C@@H]1C. The highest BCUT2D eigenvalue weighted by Gasteiger charge is 2.73. The summed E-state index contributed by atoms with van der Waals surface area (Å²) in [5, 5.41) is 6.93. The summed E-state index contributed by atoms with van der Waals surface area (Å²) in [5.74, 6) is -0.391. The van der Waals surface area contributed by atoms with E-state index in [1.807, 2.05) is 17.1 Å². The molecule has 8 heteroatoms. The highest BCUT2D eigenvalue weighted by Crippen LogP contribution is 2.57. The van der Waals surface area contributed by atoms with Crippen LogP contribution in [0.5, 0.6) is 0 Å². The lowest BCUT2D eigenvalue weighted by molar-refractivity contribution is -0.146. The molecular weight excluding hydrogens is 526 g/mol. The zero-order valence-corrected chi connectivity index (χ0v) is 24.7. The Hall–Kier alpha value is -2.38. The Balaban J connectivity index is 1.34. The van der Waals surface area contributed by atoms with Crippen LogP contribution in [0.2, 0.25) is 5.02 Å². The maximum atomic E-state index is 14.5. The van der Waals surface area contributed by atoms with Crippen LogP contribution in [0.4, 0.5) is 5.69 Å². The van der Waals surface area contributed by atoms with E-state index >= 15 is 0 Å². The largest absolute Gasteiger partial charge is 0.359 e. The lowest BCUT2D eigenvalue weighted by Gasteiger charge is -2.44. The molecule has 3 heterocycles. The summed E-state index contributed by atoms with van der Waals surface area (Å²) < 4.78 is 6.58. The minimum atomic E-state index is -1.14. The van der Waals surface area contributed by atoms with E-state index in [4.69, 9.17) is 16.3 Å². The monoisotopic (exact) mass is 567 g/mol. The summed E-state index contributed by atoms with van der Waals surface area (Å²) in [6, 6.07) is 6.15. The molecule has 5 aliphatic rings. The molecule has 11 atom stereocenters. The van der Waals surface area contributed by atoms with Crippen molar-refractivity contribution in [3.05, 3.63) is 41.4 Å². The number of halogens is 1. The third-order valence-electron chi connectivity index (χ3n) is 11.0. The van der Waals surface area contributed by atoms with Crippen molar-refractivity contribution in [1.82, 2.24) is 10.2 Å². The predicted molar refractivity (Wildman–Crippen MR) is 155 cm³/mol. The zero-order valence-electron chi connectivity index (χ0n) is 23.9. The number of likely N-dealkylation sites (tertiary alicyclic amines) is 1. The van der Waals surface area contributed by atoms with Crippen molar-refractivity contribution in [2.75, 3.05) is 5.32 Å². The number of rotatable bonds is 5. The Kier molecular flexibility index (Phi) is 7.27. The van der Waals surface area contributed by atoms with Gasteiger partial charge in [-0.05, 0) is 60.8 Å². The summed E-state index contributed by atoms with van der Waals surface area (Å²) in [5.41, 5.74) is -0.528. The molecule has 1 aromatic carbocycles. The third-order valence-corrected chi connectivity index (χ3v) is 11.3. The molecule has 3 amide bonds. The summed E-state index contributed by atoms with van der Waals surface area (Å²) >= 11 is 6.03. The van der Waals surface area contributed by atoms with Crippen LogP contribution in [0.1, 0.15) is 66.2 Å². The van der Waals surface area contributed by atoms with Gasteiger partial charge in [0.15, 0.2) is 0 Å². The van der Waals surface area contributed by atoms with Crippen LogP contribution in [0.25, 0.3) is 0 Å². The molecule has 1 spiro atoms. The zero-order chi connectivity index (χ0) is 28.3. The average molecular weight is 568 g/mol. The van der Waals surface area contributed by atoms with Gasteiger partial charge in [0.2, 0.25) is 17.7 Å². The van der Waals surface area contributed by atoms with Gasteiger partial charge >= 0.3 is 0 Å². The predicted octanol–water partition coefficient (Wildman–Crippen LogP) is 5.19. The second kappa shape index (κ2) is 10.5. The third kappa shape index (κ3) is 4.39. The van der Waals surface area contributed by atoms with Gasteiger partial charge in [-0.15, -0.1) is 0 Å². The number of amides is 3. The van der Waals surface area contributed by atoms with E-state index in [0.29, 0.717) is 28.5 Å². The molecule has 2 bridgehead atoms. The van der Waals surface area contributed by atoms with E-state index in [2.05, 4.69) is 38.3 Å². The minimum Gasteiger partial charge on any atom is -0.359 e. The van der Waals surface area contributed by atoms with Gasteiger partial charge in [-0.3, -0.25) is 14.4 Å². The van der Waals surface area contributed by atoms with E-state index in [-0.39, 0.29) is 35.7 Å². The van der Waals surface area contributed by atoms with Gasteiger partial charge in [-0.2, -0.15) is 0 Å². The molecule has 2 N–H and O–H groups in total. The molecule has 0 aromatic heterocycles. The fourth-order valence-corrected chi connectivity index (χ4v) is 8.44. The van der Waals surface area contributed by atoms with Crippen molar-refractivity contribution in [3.8, 4) is 0 Å². The van der Waals surface area contributed by atoms with Crippen LogP contribution >= 0.6 is 11.6 Å². The lowest BCUT2D eigenvalue weighted by Crippen LogP contribution is -2.61. The number of carbonyl (C=O) groups is 3. The first-order valence-corrected chi connectivity index (χ1v) is 15.6. The molecule has 2 saturated heterocycles. The van der Waals surface area contributed by atoms with Gasteiger partial charge in [-0.25, -0.2) is 0 Å².